The molecule has 0 fully saturated rings. The Morgan fingerprint density at radius 1 is 1.15 bits per heavy atom. The molecule has 0 bridgehead atoms. The van der Waals surface area contributed by atoms with Crippen molar-refractivity contribution in [2.75, 3.05) is 6.61 Å². The molecule has 0 saturated heterocycles. The molecule has 0 aliphatic carbocycles. The van der Waals surface area contributed by atoms with Crippen LogP contribution in [0.3, 0.4) is 0 Å². The maximum atomic E-state index is 12.5. The molecule has 7 heteroatoms. The summed E-state index contributed by atoms with van der Waals surface area (Å²) >= 11 is 0. The summed E-state index contributed by atoms with van der Waals surface area (Å²) in [5, 5.41) is 4.12. The normalized spacial score (nSPS) is 10.7. The Hall–Kier alpha value is -2.96. The Balaban J connectivity index is 2.01. The molecule has 0 unspecified atom stereocenters. The van der Waals surface area contributed by atoms with E-state index in [4.69, 9.17) is 4.74 Å². The van der Waals surface area contributed by atoms with Crippen molar-refractivity contribution in [3.05, 3.63) is 52.8 Å². The summed E-state index contributed by atoms with van der Waals surface area (Å²) in [5.41, 5.74) is 2.23. The molecule has 7 nitrogen and oxygen atoms in total. The van der Waals surface area contributed by atoms with Crippen LogP contribution in [0.15, 0.2) is 30.3 Å². The van der Waals surface area contributed by atoms with Crippen LogP contribution in [0.1, 0.15) is 41.2 Å². The van der Waals surface area contributed by atoms with E-state index in [1.165, 1.54) is 4.68 Å². The lowest BCUT2D eigenvalue weighted by atomic mass is 10.1. The third-order valence-electron chi connectivity index (χ3n) is 4.39. The molecular weight excluding hydrogens is 346 g/mol. The van der Waals surface area contributed by atoms with Crippen molar-refractivity contribution >= 4 is 17.7 Å². The van der Waals surface area contributed by atoms with Crippen LogP contribution in [0.5, 0.6) is 0 Å². The van der Waals surface area contributed by atoms with Crippen molar-refractivity contribution in [2.24, 2.45) is 7.05 Å². The summed E-state index contributed by atoms with van der Waals surface area (Å²) in [6.07, 6.45) is 0. The Labute approximate surface area is 158 Å². The van der Waals surface area contributed by atoms with Crippen LogP contribution in [-0.4, -0.2) is 45.0 Å². The second-order valence-corrected chi connectivity index (χ2v) is 6.68. The Morgan fingerprint density at radius 3 is 2.30 bits per heavy atom. The van der Waals surface area contributed by atoms with Crippen molar-refractivity contribution in [3.63, 3.8) is 0 Å². The van der Waals surface area contributed by atoms with Crippen LogP contribution in [-0.2, 0) is 27.9 Å². The van der Waals surface area contributed by atoms with Crippen LogP contribution in [0, 0.1) is 13.8 Å². The van der Waals surface area contributed by atoms with Gasteiger partial charge in [-0.05, 0) is 33.3 Å². The summed E-state index contributed by atoms with van der Waals surface area (Å²) in [7, 11) is 1.69. The molecule has 0 N–H and O–H groups in total. The lowest BCUT2D eigenvalue weighted by Crippen LogP contribution is -2.39. The SMILES string of the molecule is Cc1nn(C)c(C)c1C(=O)C(=O)OCC(=O)N(Cc1ccccc1)C(C)C. The van der Waals surface area contributed by atoms with Crippen LogP contribution >= 0.6 is 0 Å². The first-order valence-corrected chi connectivity index (χ1v) is 8.77. The summed E-state index contributed by atoms with van der Waals surface area (Å²) in [5.74, 6) is -2.19. The van der Waals surface area contributed by atoms with Gasteiger partial charge in [0.1, 0.15) is 0 Å². The van der Waals surface area contributed by atoms with Crippen LogP contribution in [0.25, 0.3) is 0 Å². The van der Waals surface area contributed by atoms with Crippen LogP contribution in [0.2, 0.25) is 0 Å². The van der Waals surface area contributed by atoms with Gasteiger partial charge in [0.05, 0.1) is 11.3 Å². The maximum Gasteiger partial charge on any atom is 0.380 e. The zero-order valence-electron chi connectivity index (χ0n) is 16.4. The molecule has 144 valence electrons. The highest BCUT2D eigenvalue weighted by atomic mass is 16.5. The zero-order valence-corrected chi connectivity index (χ0v) is 16.4. The summed E-state index contributed by atoms with van der Waals surface area (Å²) in [6.45, 7) is 7.05. The Morgan fingerprint density at radius 2 is 1.78 bits per heavy atom. The number of ether oxygens (including phenoxy) is 1. The molecule has 0 aliphatic rings. The highest BCUT2D eigenvalue weighted by molar-refractivity contribution is 6.41. The van der Waals surface area contributed by atoms with Gasteiger partial charge >= 0.3 is 5.97 Å². The van der Waals surface area contributed by atoms with Gasteiger partial charge in [-0.2, -0.15) is 5.10 Å². The molecule has 2 rings (SSSR count). The molecule has 0 aliphatic heterocycles. The molecule has 27 heavy (non-hydrogen) atoms. The minimum absolute atomic E-state index is 0.0741. The minimum Gasteiger partial charge on any atom is -0.450 e. The lowest BCUT2D eigenvalue weighted by molar-refractivity contribution is -0.149. The highest BCUT2D eigenvalue weighted by Gasteiger charge is 2.27. The first-order chi connectivity index (χ1) is 12.7. The van der Waals surface area contributed by atoms with Crippen molar-refractivity contribution < 1.29 is 19.1 Å². The van der Waals surface area contributed by atoms with Crippen LogP contribution < -0.4 is 0 Å². The number of ketones is 1. The van der Waals surface area contributed by atoms with E-state index in [9.17, 15) is 14.4 Å². The predicted octanol–water partition coefficient (Wildman–Crippen LogP) is 2.20. The van der Waals surface area contributed by atoms with Gasteiger partial charge in [-0.1, -0.05) is 30.3 Å². The molecule has 1 aromatic carbocycles. The van der Waals surface area contributed by atoms with E-state index in [0.717, 1.165) is 5.56 Å². The zero-order chi connectivity index (χ0) is 20.1. The summed E-state index contributed by atoms with van der Waals surface area (Å²) < 4.78 is 6.52. The fourth-order valence-corrected chi connectivity index (χ4v) is 2.82. The monoisotopic (exact) mass is 371 g/mol. The molecular formula is C20H25N3O4. The van der Waals surface area contributed by atoms with E-state index < -0.39 is 18.4 Å². The number of aryl methyl sites for hydroxylation is 2. The quantitative estimate of drug-likeness (QED) is 0.423. The van der Waals surface area contributed by atoms with Gasteiger partial charge < -0.3 is 9.64 Å². The molecule has 2 aromatic rings. The van der Waals surface area contributed by atoms with Gasteiger partial charge in [-0.15, -0.1) is 0 Å². The third kappa shape index (κ3) is 4.81. The van der Waals surface area contributed by atoms with Gasteiger partial charge in [-0.25, -0.2) is 4.79 Å². The number of carbonyl (C=O) groups excluding carboxylic acids is 3. The molecule has 0 radical (unpaired) electrons. The van der Waals surface area contributed by atoms with Gasteiger partial charge in [0.25, 0.3) is 11.7 Å². The van der Waals surface area contributed by atoms with E-state index in [-0.39, 0.29) is 17.5 Å². The van der Waals surface area contributed by atoms with Crippen molar-refractivity contribution in [1.82, 2.24) is 14.7 Å². The largest absolute Gasteiger partial charge is 0.450 e. The topological polar surface area (TPSA) is 81.5 Å². The molecule has 1 heterocycles. The number of amides is 1. The fourth-order valence-electron chi connectivity index (χ4n) is 2.82. The molecule has 1 amide bonds. The number of benzene rings is 1. The van der Waals surface area contributed by atoms with E-state index in [2.05, 4.69) is 5.10 Å². The first kappa shape index (κ1) is 20.4. The maximum absolute atomic E-state index is 12.5. The van der Waals surface area contributed by atoms with Crippen molar-refractivity contribution in [1.29, 1.82) is 0 Å². The second kappa shape index (κ2) is 8.62. The number of esters is 1. The standard InChI is InChI=1S/C20H25N3O4/c1-13(2)23(11-16-9-7-6-8-10-16)17(24)12-27-20(26)19(25)18-14(3)21-22(5)15(18)4/h6-10,13H,11-12H2,1-5H3. The number of nitrogens with zero attached hydrogens (tertiary/aromatic N) is 3. The number of Topliss-reactive ketones (excluding diaryl/α,β-unsaturated/α-hetero) is 1. The fraction of sp³-hybridized carbons (Fsp3) is 0.400. The average Bonchev–Trinajstić information content (AvgIpc) is 2.89. The van der Waals surface area contributed by atoms with Crippen LogP contribution in [0.4, 0.5) is 0 Å². The predicted molar refractivity (Wildman–Crippen MR) is 100 cm³/mol. The Bertz CT molecular complexity index is 840. The average molecular weight is 371 g/mol. The van der Waals surface area contributed by atoms with Gasteiger partial charge in [0.15, 0.2) is 6.61 Å². The van der Waals surface area contributed by atoms with E-state index >= 15 is 0 Å². The summed E-state index contributed by atoms with van der Waals surface area (Å²) in [4.78, 5) is 38.6. The number of carbonyl (C=O) groups is 3. The number of rotatable bonds is 7. The molecule has 0 saturated carbocycles. The van der Waals surface area contributed by atoms with Gasteiger partial charge in [-0.3, -0.25) is 14.3 Å². The molecule has 0 atom stereocenters. The molecule has 1 aromatic heterocycles. The van der Waals surface area contributed by atoms with Crippen molar-refractivity contribution in [3.8, 4) is 0 Å². The third-order valence-corrected chi connectivity index (χ3v) is 4.39. The second-order valence-electron chi connectivity index (χ2n) is 6.68. The number of hydrogen-bond acceptors (Lipinski definition) is 5. The van der Waals surface area contributed by atoms with E-state index in [1.54, 1.807) is 25.8 Å². The molecule has 0 spiro atoms. The van der Waals surface area contributed by atoms with Gasteiger partial charge in [0, 0.05) is 25.3 Å². The van der Waals surface area contributed by atoms with Crippen molar-refractivity contribution in [2.45, 2.75) is 40.3 Å². The minimum atomic E-state index is -1.05. The van der Waals surface area contributed by atoms with E-state index in [1.807, 2.05) is 44.2 Å². The van der Waals surface area contributed by atoms with E-state index in [0.29, 0.717) is 17.9 Å². The Kier molecular flexibility index (Phi) is 6.50. The lowest BCUT2D eigenvalue weighted by Gasteiger charge is -2.26. The first-order valence-electron chi connectivity index (χ1n) is 8.77. The highest BCUT2D eigenvalue weighted by Crippen LogP contribution is 2.14. The number of aromatic nitrogens is 2. The summed E-state index contributed by atoms with van der Waals surface area (Å²) in [6, 6.07) is 9.47. The smallest absolute Gasteiger partial charge is 0.380 e. The number of hydrogen-bond donors (Lipinski definition) is 0. The van der Waals surface area contributed by atoms with Gasteiger partial charge in [0.2, 0.25) is 0 Å².